The number of hydrogen-bond donors (Lipinski definition) is 1. The van der Waals surface area contributed by atoms with Crippen molar-refractivity contribution in [1.29, 1.82) is 0 Å². The highest BCUT2D eigenvalue weighted by molar-refractivity contribution is 4.92. The molecule has 0 amide bonds. The van der Waals surface area contributed by atoms with Gasteiger partial charge in [-0.2, -0.15) is 0 Å². The Labute approximate surface area is 93.8 Å². The van der Waals surface area contributed by atoms with Crippen LogP contribution in [0.3, 0.4) is 0 Å². The van der Waals surface area contributed by atoms with Crippen LogP contribution >= 0.6 is 0 Å². The fourth-order valence-corrected chi connectivity index (χ4v) is 2.52. The number of piperazine rings is 1. The van der Waals surface area contributed by atoms with Crippen LogP contribution in [-0.2, 0) is 0 Å². The van der Waals surface area contributed by atoms with E-state index in [9.17, 15) is 0 Å². The van der Waals surface area contributed by atoms with E-state index in [4.69, 9.17) is 0 Å². The summed E-state index contributed by atoms with van der Waals surface area (Å²) in [4.78, 5) is 5.28. The van der Waals surface area contributed by atoms with Crippen molar-refractivity contribution in [2.45, 2.75) is 32.9 Å². The molecule has 2 heterocycles. The highest BCUT2D eigenvalue weighted by Gasteiger charge is 2.35. The summed E-state index contributed by atoms with van der Waals surface area (Å²) in [5, 5.41) is 3.41. The smallest absolute Gasteiger partial charge is 0.0351 e. The molecule has 15 heavy (non-hydrogen) atoms. The van der Waals surface area contributed by atoms with Gasteiger partial charge in [0.25, 0.3) is 0 Å². The van der Waals surface area contributed by atoms with Crippen molar-refractivity contribution in [1.82, 2.24) is 15.1 Å². The van der Waals surface area contributed by atoms with Crippen LogP contribution in [0.1, 0.15) is 20.8 Å². The van der Waals surface area contributed by atoms with Gasteiger partial charge >= 0.3 is 0 Å². The van der Waals surface area contributed by atoms with Crippen LogP contribution in [0.25, 0.3) is 0 Å². The Hall–Kier alpha value is -0.120. The molecule has 0 aliphatic carbocycles. The lowest BCUT2D eigenvalue weighted by atomic mass is 9.97. The maximum atomic E-state index is 3.41. The first-order chi connectivity index (χ1) is 7.18. The van der Waals surface area contributed by atoms with E-state index >= 15 is 0 Å². The third-order valence-electron chi connectivity index (χ3n) is 4.10. The molecule has 1 atom stereocenters. The van der Waals surface area contributed by atoms with Gasteiger partial charge < -0.3 is 5.32 Å². The van der Waals surface area contributed by atoms with Crippen LogP contribution in [0, 0.1) is 5.92 Å². The van der Waals surface area contributed by atoms with Crippen molar-refractivity contribution in [3.8, 4) is 0 Å². The predicted octanol–water partition coefficient (Wildman–Crippen LogP) is 0.620. The van der Waals surface area contributed by atoms with Crippen molar-refractivity contribution in [2.24, 2.45) is 5.92 Å². The summed E-state index contributed by atoms with van der Waals surface area (Å²) in [5.74, 6) is 0.786. The third kappa shape index (κ3) is 2.52. The van der Waals surface area contributed by atoms with Gasteiger partial charge in [0.05, 0.1) is 0 Å². The molecular formula is C12H25N3. The SMILES string of the molecule is CC(C)C(C)N1CC(N2CCNCC2)C1. The average Bonchev–Trinajstić information content (AvgIpc) is 2.17. The summed E-state index contributed by atoms with van der Waals surface area (Å²) < 4.78 is 0. The highest BCUT2D eigenvalue weighted by Crippen LogP contribution is 2.21. The first-order valence-corrected chi connectivity index (χ1v) is 6.37. The first-order valence-electron chi connectivity index (χ1n) is 6.37. The van der Waals surface area contributed by atoms with E-state index in [-0.39, 0.29) is 0 Å². The predicted molar refractivity (Wildman–Crippen MR) is 64.1 cm³/mol. The minimum atomic E-state index is 0.754. The summed E-state index contributed by atoms with van der Waals surface area (Å²) >= 11 is 0. The van der Waals surface area contributed by atoms with Gasteiger partial charge in [0.1, 0.15) is 0 Å². The quantitative estimate of drug-likeness (QED) is 0.738. The number of rotatable bonds is 3. The van der Waals surface area contributed by atoms with Gasteiger partial charge in [-0.25, -0.2) is 0 Å². The Balaban J connectivity index is 1.72. The fraction of sp³-hybridized carbons (Fsp3) is 1.00. The molecule has 2 aliphatic heterocycles. The van der Waals surface area contributed by atoms with Crippen molar-refractivity contribution >= 4 is 0 Å². The van der Waals surface area contributed by atoms with E-state index in [1.54, 1.807) is 0 Å². The van der Waals surface area contributed by atoms with E-state index in [0.717, 1.165) is 18.0 Å². The molecule has 2 aliphatic rings. The number of nitrogens with one attached hydrogen (secondary N) is 1. The zero-order valence-corrected chi connectivity index (χ0v) is 10.4. The van der Waals surface area contributed by atoms with Crippen LogP contribution in [0.5, 0.6) is 0 Å². The lowest BCUT2D eigenvalue weighted by Gasteiger charge is -2.50. The monoisotopic (exact) mass is 211 g/mol. The second-order valence-corrected chi connectivity index (χ2v) is 5.38. The molecule has 0 radical (unpaired) electrons. The molecule has 3 heteroatoms. The van der Waals surface area contributed by atoms with Crippen LogP contribution < -0.4 is 5.32 Å². The Morgan fingerprint density at radius 1 is 1.07 bits per heavy atom. The van der Waals surface area contributed by atoms with Gasteiger partial charge in [0.2, 0.25) is 0 Å². The standard InChI is InChI=1S/C12H25N3/c1-10(2)11(3)15-8-12(9-15)14-6-4-13-5-7-14/h10-13H,4-9H2,1-3H3. The molecule has 88 valence electrons. The molecule has 2 rings (SSSR count). The first kappa shape index (κ1) is 11.4. The fourth-order valence-electron chi connectivity index (χ4n) is 2.52. The lowest BCUT2D eigenvalue weighted by molar-refractivity contribution is -0.00735. The summed E-state index contributed by atoms with van der Waals surface area (Å²) in [6.07, 6.45) is 0. The van der Waals surface area contributed by atoms with Crippen molar-refractivity contribution in [3.63, 3.8) is 0 Å². The molecule has 0 aromatic heterocycles. The zero-order chi connectivity index (χ0) is 10.8. The van der Waals surface area contributed by atoms with Gasteiger partial charge in [0.15, 0.2) is 0 Å². The van der Waals surface area contributed by atoms with Crippen LogP contribution in [0.4, 0.5) is 0 Å². The minimum absolute atomic E-state index is 0.754. The molecule has 2 saturated heterocycles. The van der Waals surface area contributed by atoms with Gasteiger partial charge in [-0.3, -0.25) is 9.80 Å². The van der Waals surface area contributed by atoms with Crippen LogP contribution in [0.15, 0.2) is 0 Å². The molecule has 3 nitrogen and oxygen atoms in total. The van der Waals surface area contributed by atoms with Gasteiger partial charge in [-0.15, -0.1) is 0 Å². The maximum absolute atomic E-state index is 3.41. The molecule has 0 aromatic rings. The van der Waals surface area contributed by atoms with Crippen molar-refractivity contribution < 1.29 is 0 Å². The zero-order valence-electron chi connectivity index (χ0n) is 10.4. The Morgan fingerprint density at radius 2 is 1.67 bits per heavy atom. The number of nitrogens with zero attached hydrogens (tertiary/aromatic N) is 2. The Kier molecular flexibility index (Phi) is 3.65. The maximum Gasteiger partial charge on any atom is 0.0351 e. The lowest BCUT2D eigenvalue weighted by Crippen LogP contribution is -2.64. The topological polar surface area (TPSA) is 18.5 Å². The van der Waals surface area contributed by atoms with E-state index in [1.165, 1.54) is 39.3 Å². The third-order valence-corrected chi connectivity index (χ3v) is 4.10. The molecule has 1 unspecified atom stereocenters. The molecule has 0 saturated carbocycles. The molecule has 2 fully saturated rings. The Morgan fingerprint density at radius 3 is 2.20 bits per heavy atom. The highest BCUT2D eigenvalue weighted by atomic mass is 15.3. The average molecular weight is 211 g/mol. The molecule has 0 bridgehead atoms. The van der Waals surface area contributed by atoms with Gasteiger partial charge in [-0.05, 0) is 12.8 Å². The van der Waals surface area contributed by atoms with Crippen molar-refractivity contribution in [2.75, 3.05) is 39.3 Å². The second kappa shape index (κ2) is 4.81. The minimum Gasteiger partial charge on any atom is -0.314 e. The van der Waals surface area contributed by atoms with Crippen LogP contribution in [0.2, 0.25) is 0 Å². The molecular weight excluding hydrogens is 186 g/mol. The molecule has 0 aromatic carbocycles. The van der Waals surface area contributed by atoms with E-state index in [2.05, 4.69) is 35.9 Å². The van der Waals surface area contributed by atoms with E-state index in [1.807, 2.05) is 0 Å². The van der Waals surface area contributed by atoms with Crippen molar-refractivity contribution in [3.05, 3.63) is 0 Å². The van der Waals surface area contributed by atoms with Gasteiger partial charge in [0, 0.05) is 51.4 Å². The number of hydrogen-bond acceptors (Lipinski definition) is 3. The molecule has 0 spiro atoms. The summed E-state index contributed by atoms with van der Waals surface area (Å²) in [5.41, 5.74) is 0. The summed E-state index contributed by atoms with van der Waals surface area (Å²) in [6, 6.07) is 1.59. The number of likely N-dealkylation sites (tertiary alicyclic amines) is 1. The summed E-state index contributed by atoms with van der Waals surface area (Å²) in [7, 11) is 0. The second-order valence-electron chi connectivity index (χ2n) is 5.38. The summed E-state index contributed by atoms with van der Waals surface area (Å²) in [6.45, 7) is 14.4. The molecule has 1 N–H and O–H groups in total. The van der Waals surface area contributed by atoms with Gasteiger partial charge in [-0.1, -0.05) is 13.8 Å². The van der Waals surface area contributed by atoms with E-state index in [0.29, 0.717) is 0 Å². The van der Waals surface area contributed by atoms with Crippen LogP contribution in [-0.4, -0.2) is 61.2 Å². The largest absolute Gasteiger partial charge is 0.314 e. The Bertz CT molecular complexity index is 193. The van der Waals surface area contributed by atoms with E-state index < -0.39 is 0 Å². The normalized spacial score (nSPS) is 28.0.